The Morgan fingerprint density at radius 1 is 1.09 bits per heavy atom. The Balaban J connectivity index is 1.80. The molecule has 4 aromatic rings. The summed E-state index contributed by atoms with van der Waals surface area (Å²) in [6.07, 6.45) is 3.94. The largest absolute Gasteiger partial charge is 0.360 e. The summed E-state index contributed by atoms with van der Waals surface area (Å²) < 4.78 is 3.05. The zero-order chi connectivity index (χ0) is 15.8. The molecule has 0 aliphatic heterocycles. The Kier molecular flexibility index (Phi) is 3.54. The Morgan fingerprint density at radius 3 is 2.70 bits per heavy atom. The first-order valence-corrected chi connectivity index (χ1v) is 8.34. The maximum absolute atomic E-state index is 4.46. The molecule has 0 aliphatic carbocycles. The zero-order valence-corrected chi connectivity index (χ0v) is 14.3. The van der Waals surface area contributed by atoms with Gasteiger partial charge in [0.2, 0.25) is 0 Å². The van der Waals surface area contributed by atoms with Gasteiger partial charge in [0.25, 0.3) is 0 Å². The second-order valence-corrected chi connectivity index (χ2v) is 6.50. The molecule has 2 heterocycles. The fraction of sp³-hybridized carbons (Fsp3) is 0.105. The first-order chi connectivity index (χ1) is 11.2. The van der Waals surface area contributed by atoms with E-state index >= 15 is 0 Å². The molecule has 0 spiro atoms. The normalized spacial score (nSPS) is 11.2. The number of hydrogen-bond donors (Lipinski definition) is 1. The van der Waals surface area contributed by atoms with Crippen molar-refractivity contribution in [2.45, 2.75) is 13.5 Å². The predicted octanol–water partition coefficient (Wildman–Crippen LogP) is 5.15. The minimum atomic E-state index is 0.799. The van der Waals surface area contributed by atoms with Gasteiger partial charge in [-0.05, 0) is 34.5 Å². The lowest BCUT2D eigenvalue weighted by molar-refractivity contribution is 0.805. The van der Waals surface area contributed by atoms with Crippen molar-refractivity contribution >= 4 is 26.8 Å². The minimum Gasteiger partial charge on any atom is -0.360 e. The molecule has 1 N–H and O–H groups in total. The molecule has 4 heteroatoms. The SMILES string of the molecule is Cc1ccc(Cn2cnc(Br)c2-c2c[nH]c3ccccc23)cc1. The van der Waals surface area contributed by atoms with Crippen LogP contribution in [0.3, 0.4) is 0 Å². The van der Waals surface area contributed by atoms with Crippen molar-refractivity contribution in [2.75, 3.05) is 0 Å². The van der Waals surface area contributed by atoms with E-state index in [4.69, 9.17) is 0 Å². The molecule has 0 saturated carbocycles. The number of aromatic amines is 1. The Bertz CT molecular complexity index is 964. The van der Waals surface area contributed by atoms with Gasteiger partial charge in [-0.25, -0.2) is 4.98 Å². The number of rotatable bonds is 3. The number of fused-ring (bicyclic) bond motifs is 1. The lowest BCUT2D eigenvalue weighted by Gasteiger charge is -2.09. The van der Waals surface area contributed by atoms with E-state index in [9.17, 15) is 0 Å². The Labute approximate surface area is 143 Å². The van der Waals surface area contributed by atoms with Crippen LogP contribution in [0, 0.1) is 6.92 Å². The maximum Gasteiger partial charge on any atom is 0.132 e. The monoisotopic (exact) mass is 365 g/mol. The number of aryl methyl sites for hydroxylation is 1. The lowest BCUT2D eigenvalue weighted by Crippen LogP contribution is -2.00. The summed E-state index contributed by atoms with van der Waals surface area (Å²) >= 11 is 3.60. The van der Waals surface area contributed by atoms with Crippen LogP contribution in [0.4, 0.5) is 0 Å². The van der Waals surface area contributed by atoms with E-state index in [-0.39, 0.29) is 0 Å². The summed E-state index contributed by atoms with van der Waals surface area (Å²) in [5.41, 5.74) is 5.94. The van der Waals surface area contributed by atoms with E-state index < -0.39 is 0 Å². The molecule has 0 unspecified atom stereocenters. The van der Waals surface area contributed by atoms with E-state index in [0.29, 0.717) is 0 Å². The van der Waals surface area contributed by atoms with Crippen molar-refractivity contribution in [3.05, 3.63) is 76.8 Å². The molecular weight excluding hydrogens is 350 g/mol. The van der Waals surface area contributed by atoms with Crippen LogP contribution in [-0.2, 0) is 6.54 Å². The molecule has 0 atom stereocenters. The number of halogens is 1. The third kappa shape index (κ3) is 2.59. The highest BCUT2D eigenvalue weighted by molar-refractivity contribution is 9.10. The van der Waals surface area contributed by atoms with Crippen molar-refractivity contribution in [2.24, 2.45) is 0 Å². The number of imidazole rings is 1. The number of aromatic nitrogens is 3. The molecule has 3 nitrogen and oxygen atoms in total. The Morgan fingerprint density at radius 2 is 1.87 bits per heavy atom. The van der Waals surface area contributed by atoms with Gasteiger partial charge < -0.3 is 9.55 Å². The quantitative estimate of drug-likeness (QED) is 0.535. The van der Waals surface area contributed by atoms with E-state index in [2.05, 4.69) is 86.1 Å². The molecular formula is C19H16BrN3. The highest BCUT2D eigenvalue weighted by atomic mass is 79.9. The summed E-state index contributed by atoms with van der Waals surface area (Å²) in [7, 11) is 0. The van der Waals surface area contributed by atoms with Gasteiger partial charge in [-0.1, -0.05) is 48.0 Å². The average molecular weight is 366 g/mol. The number of para-hydroxylation sites is 1. The number of H-pyrrole nitrogens is 1. The standard InChI is InChI=1S/C19H16BrN3/c1-13-6-8-14(9-7-13)11-23-12-22-19(20)18(23)16-10-21-17-5-3-2-4-15(16)17/h2-10,12,21H,11H2,1H3. The van der Waals surface area contributed by atoms with Crippen LogP contribution in [0.25, 0.3) is 22.2 Å². The lowest BCUT2D eigenvalue weighted by atomic mass is 10.1. The second kappa shape index (κ2) is 5.70. The number of hydrogen-bond acceptors (Lipinski definition) is 1. The molecule has 0 radical (unpaired) electrons. The van der Waals surface area contributed by atoms with E-state index in [1.165, 1.54) is 16.5 Å². The summed E-state index contributed by atoms with van der Waals surface area (Å²) in [5.74, 6) is 0. The van der Waals surface area contributed by atoms with Crippen molar-refractivity contribution in [1.29, 1.82) is 0 Å². The van der Waals surface area contributed by atoms with Gasteiger partial charge in [0, 0.05) is 29.2 Å². The third-order valence-electron chi connectivity index (χ3n) is 4.11. The molecule has 114 valence electrons. The van der Waals surface area contributed by atoms with E-state index in [1.54, 1.807) is 0 Å². The molecule has 0 aliphatic rings. The second-order valence-electron chi connectivity index (χ2n) is 5.75. The summed E-state index contributed by atoms with van der Waals surface area (Å²) in [6.45, 7) is 2.91. The highest BCUT2D eigenvalue weighted by Crippen LogP contribution is 2.33. The fourth-order valence-electron chi connectivity index (χ4n) is 2.90. The first kappa shape index (κ1) is 14.3. The van der Waals surface area contributed by atoms with Crippen LogP contribution < -0.4 is 0 Å². The zero-order valence-electron chi connectivity index (χ0n) is 12.8. The van der Waals surface area contributed by atoms with E-state index in [1.807, 2.05) is 12.4 Å². The predicted molar refractivity (Wildman–Crippen MR) is 97.5 cm³/mol. The maximum atomic E-state index is 4.46. The van der Waals surface area contributed by atoms with E-state index in [0.717, 1.165) is 27.9 Å². The van der Waals surface area contributed by atoms with Gasteiger partial charge in [0.05, 0.1) is 12.0 Å². The highest BCUT2D eigenvalue weighted by Gasteiger charge is 2.15. The summed E-state index contributed by atoms with van der Waals surface area (Å²) in [5, 5.41) is 1.21. The third-order valence-corrected chi connectivity index (χ3v) is 4.69. The average Bonchev–Trinajstić information content (AvgIpc) is 3.13. The molecule has 0 fully saturated rings. The van der Waals surface area contributed by atoms with Crippen molar-refractivity contribution < 1.29 is 0 Å². The number of nitrogens with one attached hydrogen (secondary N) is 1. The van der Waals surface area contributed by atoms with Crippen LogP contribution in [0.2, 0.25) is 0 Å². The van der Waals surface area contributed by atoms with Gasteiger partial charge >= 0.3 is 0 Å². The first-order valence-electron chi connectivity index (χ1n) is 7.55. The molecule has 2 aromatic heterocycles. The van der Waals surface area contributed by atoms with Crippen LogP contribution in [0.15, 0.2) is 65.7 Å². The van der Waals surface area contributed by atoms with Gasteiger partial charge in [0.1, 0.15) is 4.60 Å². The van der Waals surface area contributed by atoms with Crippen LogP contribution in [-0.4, -0.2) is 14.5 Å². The van der Waals surface area contributed by atoms with Crippen LogP contribution >= 0.6 is 15.9 Å². The minimum absolute atomic E-state index is 0.799. The molecule has 0 bridgehead atoms. The molecule has 2 aromatic carbocycles. The van der Waals surface area contributed by atoms with Crippen molar-refractivity contribution in [1.82, 2.24) is 14.5 Å². The van der Waals surface area contributed by atoms with Crippen molar-refractivity contribution in [3.63, 3.8) is 0 Å². The van der Waals surface area contributed by atoms with Gasteiger partial charge in [0.15, 0.2) is 0 Å². The summed E-state index contributed by atoms with van der Waals surface area (Å²) in [6, 6.07) is 17.0. The molecule has 0 saturated heterocycles. The smallest absolute Gasteiger partial charge is 0.132 e. The van der Waals surface area contributed by atoms with Gasteiger partial charge in [-0.2, -0.15) is 0 Å². The van der Waals surface area contributed by atoms with Crippen molar-refractivity contribution in [3.8, 4) is 11.3 Å². The molecule has 4 rings (SSSR count). The summed E-state index contributed by atoms with van der Waals surface area (Å²) in [4.78, 5) is 7.80. The molecule has 23 heavy (non-hydrogen) atoms. The van der Waals surface area contributed by atoms with Crippen LogP contribution in [0.1, 0.15) is 11.1 Å². The molecule has 0 amide bonds. The Hall–Kier alpha value is -2.33. The fourth-order valence-corrected chi connectivity index (χ4v) is 3.43. The number of nitrogens with zero attached hydrogens (tertiary/aromatic N) is 2. The topological polar surface area (TPSA) is 33.6 Å². The van der Waals surface area contributed by atoms with Crippen LogP contribution in [0.5, 0.6) is 0 Å². The van der Waals surface area contributed by atoms with Gasteiger partial charge in [-0.15, -0.1) is 0 Å². The number of benzene rings is 2. The van der Waals surface area contributed by atoms with Gasteiger partial charge in [-0.3, -0.25) is 0 Å².